The van der Waals surface area contributed by atoms with E-state index in [-0.39, 0.29) is 11.8 Å². The molecule has 0 aliphatic heterocycles. The molecule has 0 aromatic carbocycles. The minimum atomic E-state index is 0.283. The third-order valence-electron chi connectivity index (χ3n) is 2.85. The van der Waals surface area contributed by atoms with E-state index in [1.807, 2.05) is 24.1 Å². The van der Waals surface area contributed by atoms with Crippen molar-refractivity contribution in [2.45, 2.75) is 25.8 Å². The molecule has 1 aromatic heterocycles. The molecule has 82 valence electrons. The van der Waals surface area contributed by atoms with E-state index < -0.39 is 0 Å². The molecule has 1 aliphatic carbocycles. The van der Waals surface area contributed by atoms with Gasteiger partial charge >= 0.3 is 0 Å². The zero-order valence-corrected chi connectivity index (χ0v) is 10.3. The first-order chi connectivity index (χ1) is 7.16. The van der Waals surface area contributed by atoms with E-state index in [0.717, 1.165) is 22.1 Å². The molecule has 0 radical (unpaired) electrons. The number of carbonyl (C=O) groups excluding carboxylic acids is 1. The van der Waals surface area contributed by atoms with E-state index in [1.54, 1.807) is 11.3 Å². The molecule has 1 aromatic rings. The fourth-order valence-electron chi connectivity index (χ4n) is 1.72. The number of nitrogens with zero attached hydrogens (tertiary/aromatic N) is 1. The van der Waals surface area contributed by atoms with Crippen LogP contribution < -0.4 is 0 Å². The molecule has 4 heteroatoms. The maximum atomic E-state index is 11.8. The van der Waals surface area contributed by atoms with Crippen molar-refractivity contribution in [3.63, 3.8) is 0 Å². The van der Waals surface area contributed by atoms with E-state index in [4.69, 9.17) is 11.6 Å². The minimum Gasteiger partial charge on any atom is -0.340 e. The lowest BCUT2D eigenvalue weighted by Crippen LogP contribution is -2.35. The molecule has 15 heavy (non-hydrogen) atoms. The predicted molar refractivity (Wildman–Crippen MR) is 63.1 cm³/mol. The second-order valence-electron chi connectivity index (χ2n) is 4.03. The molecular weight excluding hydrogens is 230 g/mol. The van der Waals surface area contributed by atoms with E-state index in [0.29, 0.717) is 6.54 Å². The van der Waals surface area contributed by atoms with Crippen LogP contribution in [0.1, 0.15) is 24.1 Å². The van der Waals surface area contributed by atoms with Crippen molar-refractivity contribution in [2.24, 2.45) is 5.92 Å². The molecule has 0 N–H and O–H groups in total. The Balaban J connectivity index is 1.91. The molecule has 0 unspecified atom stereocenters. The molecule has 2 nitrogen and oxygen atoms in total. The third-order valence-corrected chi connectivity index (χ3v) is 4.07. The first-order valence-electron chi connectivity index (χ1n) is 5.16. The Bertz CT molecular complexity index is 359. The summed E-state index contributed by atoms with van der Waals surface area (Å²) in [6, 6.07) is 3.86. The van der Waals surface area contributed by atoms with Gasteiger partial charge in [-0.2, -0.15) is 0 Å². The van der Waals surface area contributed by atoms with E-state index in [1.165, 1.54) is 6.42 Å². The van der Waals surface area contributed by atoms with Crippen molar-refractivity contribution in [1.82, 2.24) is 4.90 Å². The summed E-state index contributed by atoms with van der Waals surface area (Å²) >= 11 is 7.38. The van der Waals surface area contributed by atoms with Crippen molar-refractivity contribution < 1.29 is 4.79 Å². The summed E-state index contributed by atoms with van der Waals surface area (Å²) in [6.45, 7) is 0.687. The molecule has 1 amide bonds. The van der Waals surface area contributed by atoms with Gasteiger partial charge in [0.15, 0.2) is 0 Å². The summed E-state index contributed by atoms with van der Waals surface area (Å²) in [4.78, 5) is 14.8. The summed E-state index contributed by atoms with van der Waals surface area (Å²) in [5.74, 6) is 0.566. The number of thiophene rings is 1. The molecule has 1 fully saturated rings. The van der Waals surface area contributed by atoms with Crippen LogP contribution in [-0.4, -0.2) is 17.9 Å². The van der Waals surface area contributed by atoms with Crippen LogP contribution in [0, 0.1) is 5.92 Å². The summed E-state index contributed by atoms with van der Waals surface area (Å²) in [5, 5.41) is 0. The van der Waals surface area contributed by atoms with Crippen molar-refractivity contribution >= 4 is 28.8 Å². The number of hydrogen-bond donors (Lipinski definition) is 0. The van der Waals surface area contributed by atoms with Gasteiger partial charge in [-0.3, -0.25) is 4.79 Å². The second-order valence-corrected chi connectivity index (χ2v) is 5.83. The maximum Gasteiger partial charge on any atom is 0.225 e. The average molecular weight is 244 g/mol. The van der Waals surface area contributed by atoms with Crippen LogP contribution in [0.25, 0.3) is 0 Å². The van der Waals surface area contributed by atoms with E-state index >= 15 is 0 Å². The fraction of sp³-hybridized carbons (Fsp3) is 0.545. The number of rotatable bonds is 3. The molecule has 0 saturated heterocycles. The van der Waals surface area contributed by atoms with Crippen LogP contribution in [0.3, 0.4) is 0 Å². The van der Waals surface area contributed by atoms with Crippen molar-refractivity contribution in [1.29, 1.82) is 0 Å². The van der Waals surface area contributed by atoms with Crippen LogP contribution in [0.4, 0.5) is 0 Å². The lowest BCUT2D eigenvalue weighted by Gasteiger charge is -2.28. The van der Waals surface area contributed by atoms with Crippen molar-refractivity contribution in [2.75, 3.05) is 7.05 Å². The summed E-state index contributed by atoms with van der Waals surface area (Å²) < 4.78 is 0.787. The molecular formula is C11H14ClNOS. The Morgan fingerprint density at radius 3 is 2.80 bits per heavy atom. The van der Waals surface area contributed by atoms with Crippen LogP contribution in [0.15, 0.2) is 12.1 Å². The molecule has 1 aliphatic rings. The van der Waals surface area contributed by atoms with Gasteiger partial charge in [-0.15, -0.1) is 11.3 Å². The minimum absolute atomic E-state index is 0.283. The zero-order chi connectivity index (χ0) is 10.8. The number of carbonyl (C=O) groups is 1. The molecule has 0 spiro atoms. The largest absolute Gasteiger partial charge is 0.340 e. The quantitative estimate of drug-likeness (QED) is 0.799. The fourth-order valence-corrected chi connectivity index (χ4v) is 2.86. The topological polar surface area (TPSA) is 20.3 Å². The SMILES string of the molecule is CN(Cc1ccc(Cl)s1)C(=O)C1CCC1. The summed E-state index contributed by atoms with van der Waals surface area (Å²) in [5.41, 5.74) is 0. The molecule has 1 saturated carbocycles. The van der Waals surface area contributed by atoms with Gasteiger partial charge in [-0.05, 0) is 25.0 Å². The highest BCUT2D eigenvalue weighted by molar-refractivity contribution is 7.16. The average Bonchev–Trinajstić information content (AvgIpc) is 2.48. The Labute approximate surface area is 98.8 Å². The van der Waals surface area contributed by atoms with Gasteiger partial charge in [0.1, 0.15) is 0 Å². The van der Waals surface area contributed by atoms with E-state index in [2.05, 4.69) is 0 Å². The van der Waals surface area contributed by atoms with E-state index in [9.17, 15) is 4.79 Å². The van der Waals surface area contributed by atoms with Gasteiger partial charge in [0.2, 0.25) is 5.91 Å². The lowest BCUT2D eigenvalue weighted by atomic mass is 9.84. The van der Waals surface area contributed by atoms with Crippen molar-refractivity contribution in [3.8, 4) is 0 Å². The predicted octanol–water partition coefficient (Wildman–Crippen LogP) is 3.16. The van der Waals surface area contributed by atoms with Gasteiger partial charge < -0.3 is 4.90 Å². The maximum absolute atomic E-state index is 11.8. The molecule has 0 bridgehead atoms. The first kappa shape index (κ1) is 11.0. The molecule has 2 rings (SSSR count). The Hall–Kier alpha value is -0.540. The van der Waals surface area contributed by atoms with Gasteiger partial charge in [-0.25, -0.2) is 0 Å². The number of amides is 1. The van der Waals surface area contributed by atoms with Gasteiger partial charge in [0.25, 0.3) is 0 Å². The summed E-state index contributed by atoms with van der Waals surface area (Å²) in [7, 11) is 1.87. The number of hydrogen-bond acceptors (Lipinski definition) is 2. The van der Waals surface area contributed by atoms with Gasteiger partial charge in [-0.1, -0.05) is 18.0 Å². The van der Waals surface area contributed by atoms with Crippen LogP contribution in [0.5, 0.6) is 0 Å². The zero-order valence-electron chi connectivity index (χ0n) is 8.70. The lowest BCUT2D eigenvalue weighted by molar-refractivity contribution is -0.137. The highest BCUT2D eigenvalue weighted by Crippen LogP contribution is 2.29. The van der Waals surface area contributed by atoms with Gasteiger partial charge in [0, 0.05) is 17.8 Å². The monoisotopic (exact) mass is 243 g/mol. The standard InChI is InChI=1S/C11H14ClNOS/c1-13(11(14)8-3-2-4-8)7-9-5-6-10(12)15-9/h5-6,8H,2-4,7H2,1H3. The Morgan fingerprint density at radius 1 is 1.60 bits per heavy atom. The highest BCUT2D eigenvalue weighted by atomic mass is 35.5. The summed E-state index contributed by atoms with van der Waals surface area (Å²) in [6.07, 6.45) is 3.33. The van der Waals surface area contributed by atoms with Crippen LogP contribution in [-0.2, 0) is 11.3 Å². The smallest absolute Gasteiger partial charge is 0.225 e. The highest BCUT2D eigenvalue weighted by Gasteiger charge is 2.27. The second kappa shape index (κ2) is 4.54. The van der Waals surface area contributed by atoms with Crippen molar-refractivity contribution in [3.05, 3.63) is 21.3 Å². The number of halogens is 1. The third kappa shape index (κ3) is 2.52. The van der Waals surface area contributed by atoms with Crippen LogP contribution in [0.2, 0.25) is 4.34 Å². The van der Waals surface area contributed by atoms with Gasteiger partial charge in [0.05, 0.1) is 10.9 Å². The first-order valence-corrected chi connectivity index (χ1v) is 6.35. The molecule has 1 heterocycles. The van der Waals surface area contributed by atoms with Crippen LogP contribution >= 0.6 is 22.9 Å². The Kier molecular flexibility index (Phi) is 3.32. The Morgan fingerprint density at radius 2 is 2.33 bits per heavy atom. The molecule has 0 atom stereocenters. The normalized spacial score (nSPS) is 16.1.